The Bertz CT molecular complexity index is 1150. The first kappa shape index (κ1) is 20.5. The quantitative estimate of drug-likeness (QED) is 0.574. The summed E-state index contributed by atoms with van der Waals surface area (Å²) in [4.78, 5) is 29.4. The minimum absolute atomic E-state index is 0.271. The number of aliphatic carboxylic acids is 1. The smallest absolute Gasteiger partial charge is 0.325 e. The summed E-state index contributed by atoms with van der Waals surface area (Å²) >= 11 is 0. The van der Waals surface area contributed by atoms with Crippen molar-refractivity contribution in [2.24, 2.45) is 0 Å². The molecule has 1 saturated heterocycles. The highest BCUT2D eigenvalue weighted by Crippen LogP contribution is 2.37. The maximum Gasteiger partial charge on any atom is 0.325 e. The molecule has 4 rings (SSSR count). The zero-order valence-corrected chi connectivity index (χ0v) is 16.5. The summed E-state index contributed by atoms with van der Waals surface area (Å²) in [6.45, 7) is 1.95. The third-order valence-corrected chi connectivity index (χ3v) is 5.18. The molecule has 2 amide bonds. The molecule has 3 N–H and O–H groups in total. The van der Waals surface area contributed by atoms with E-state index in [-0.39, 0.29) is 17.3 Å². The van der Waals surface area contributed by atoms with Crippen molar-refractivity contribution in [1.29, 1.82) is 0 Å². The van der Waals surface area contributed by atoms with E-state index in [2.05, 4.69) is 20.7 Å². The van der Waals surface area contributed by atoms with Crippen molar-refractivity contribution in [2.45, 2.75) is 31.8 Å². The molecule has 162 valence electrons. The van der Waals surface area contributed by atoms with Gasteiger partial charge < -0.3 is 20.6 Å². The molecule has 0 bridgehead atoms. The summed E-state index contributed by atoms with van der Waals surface area (Å²) < 4.78 is 29.5. The molecule has 1 aliphatic heterocycles. The van der Waals surface area contributed by atoms with E-state index in [0.29, 0.717) is 24.4 Å². The van der Waals surface area contributed by atoms with Crippen LogP contribution >= 0.6 is 0 Å². The number of rotatable bonds is 5. The molecule has 11 heteroatoms. The maximum absolute atomic E-state index is 14.4. The number of nitrogens with zero attached hydrogens (tertiary/aromatic N) is 4. The Hall–Kier alpha value is -3.76. The number of amides is 2. The number of carboxylic acids is 1. The van der Waals surface area contributed by atoms with Gasteiger partial charge in [-0.05, 0) is 44.0 Å². The second-order valence-electron chi connectivity index (χ2n) is 7.29. The van der Waals surface area contributed by atoms with Gasteiger partial charge in [-0.3, -0.25) is 4.79 Å². The lowest BCUT2D eigenvalue weighted by Crippen LogP contribution is -2.40. The molecule has 1 aromatic carbocycles. The Kier molecular flexibility index (Phi) is 5.40. The number of nitrogens with one attached hydrogen (secondary N) is 2. The standard InChI is InChI=1S/C20H20F2N6O3/c1-11(19(29)30)24-20(31)25-15-10-23-28-8-6-17(26-18(15)28)27-7-2-3-16(27)13-9-12(21)4-5-14(13)22/h4-6,8-11,16H,2-3,7H2,1H3,(H,29,30)(H2,24,25,31)/t11-,16+/m0/s1. The lowest BCUT2D eigenvalue weighted by molar-refractivity contribution is -0.138. The fraction of sp³-hybridized carbons (Fsp3) is 0.300. The SMILES string of the molecule is C[C@H](NC(=O)Nc1cnn2ccc(N3CCC[C@@H]3c3cc(F)ccc3F)nc12)C(=O)O. The van der Waals surface area contributed by atoms with Crippen LogP contribution in [0.15, 0.2) is 36.7 Å². The average molecular weight is 430 g/mol. The molecule has 0 saturated carbocycles. The van der Waals surface area contributed by atoms with E-state index < -0.39 is 29.7 Å². The van der Waals surface area contributed by atoms with Crippen LogP contribution in [0, 0.1) is 11.6 Å². The van der Waals surface area contributed by atoms with Gasteiger partial charge in [-0.15, -0.1) is 0 Å². The fourth-order valence-corrected chi connectivity index (χ4v) is 3.66. The van der Waals surface area contributed by atoms with E-state index in [4.69, 9.17) is 5.11 Å². The Morgan fingerprint density at radius 1 is 1.29 bits per heavy atom. The minimum Gasteiger partial charge on any atom is -0.480 e. The second kappa shape index (κ2) is 8.17. The van der Waals surface area contributed by atoms with E-state index in [1.807, 2.05) is 4.90 Å². The molecular weight excluding hydrogens is 410 g/mol. The van der Waals surface area contributed by atoms with Gasteiger partial charge in [0.15, 0.2) is 5.65 Å². The Balaban J connectivity index is 1.61. The van der Waals surface area contributed by atoms with Crippen LogP contribution in [0.25, 0.3) is 5.65 Å². The molecule has 0 unspecified atom stereocenters. The molecule has 1 fully saturated rings. The number of urea groups is 1. The second-order valence-corrected chi connectivity index (χ2v) is 7.29. The first-order chi connectivity index (χ1) is 14.8. The number of carbonyl (C=O) groups is 2. The Morgan fingerprint density at radius 2 is 2.10 bits per heavy atom. The zero-order chi connectivity index (χ0) is 22.1. The molecule has 9 nitrogen and oxygen atoms in total. The van der Waals surface area contributed by atoms with Gasteiger partial charge in [-0.1, -0.05) is 0 Å². The topological polar surface area (TPSA) is 112 Å². The predicted molar refractivity (Wildman–Crippen MR) is 108 cm³/mol. The highest BCUT2D eigenvalue weighted by Gasteiger charge is 2.30. The molecule has 2 aromatic heterocycles. The summed E-state index contributed by atoms with van der Waals surface area (Å²) in [5, 5.41) is 17.9. The fourth-order valence-electron chi connectivity index (χ4n) is 3.66. The summed E-state index contributed by atoms with van der Waals surface area (Å²) in [6.07, 6.45) is 4.48. The molecular formula is C20H20F2N6O3. The van der Waals surface area contributed by atoms with E-state index in [1.165, 1.54) is 23.7 Å². The Morgan fingerprint density at radius 3 is 2.87 bits per heavy atom. The summed E-state index contributed by atoms with van der Waals surface area (Å²) in [7, 11) is 0. The molecule has 1 aliphatic rings. The normalized spacial score (nSPS) is 17.0. The summed E-state index contributed by atoms with van der Waals surface area (Å²) in [5.74, 6) is -1.62. The van der Waals surface area contributed by atoms with Crippen molar-refractivity contribution in [3.05, 3.63) is 53.9 Å². The van der Waals surface area contributed by atoms with Gasteiger partial charge >= 0.3 is 12.0 Å². The number of aromatic nitrogens is 3. The van der Waals surface area contributed by atoms with Gasteiger partial charge in [0.05, 0.1) is 12.2 Å². The molecule has 3 heterocycles. The largest absolute Gasteiger partial charge is 0.480 e. The molecule has 3 aromatic rings. The first-order valence-electron chi connectivity index (χ1n) is 9.70. The van der Waals surface area contributed by atoms with E-state index in [9.17, 15) is 18.4 Å². The monoisotopic (exact) mass is 430 g/mol. The number of hydrogen-bond acceptors (Lipinski definition) is 5. The summed E-state index contributed by atoms with van der Waals surface area (Å²) in [6, 6.07) is 2.97. The van der Waals surface area contributed by atoms with Crippen LogP contribution in [0.2, 0.25) is 0 Å². The van der Waals surface area contributed by atoms with E-state index in [0.717, 1.165) is 18.6 Å². The van der Waals surface area contributed by atoms with Crippen LogP contribution < -0.4 is 15.5 Å². The lowest BCUT2D eigenvalue weighted by atomic mass is 10.0. The molecule has 0 aliphatic carbocycles. The van der Waals surface area contributed by atoms with Gasteiger partial charge in [0.1, 0.15) is 29.2 Å². The Labute approximate surface area is 175 Å². The molecule has 0 radical (unpaired) electrons. The van der Waals surface area contributed by atoms with Gasteiger partial charge in [-0.25, -0.2) is 23.1 Å². The van der Waals surface area contributed by atoms with Crippen molar-refractivity contribution in [2.75, 3.05) is 16.8 Å². The van der Waals surface area contributed by atoms with E-state index >= 15 is 0 Å². The van der Waals surface area contributed by atoms with E-state index in [1.54, 1.807) is 12.3 Å². The van der Waals surface area contributed by atoms with Gasteiger partial charge in [0.25, 0.3) is 0 Å². The van der Waals surface area contributed by atoms with Crippen molar-refractivity contribution in [3.63, 3.8) is 0 Å². The van der Waals surface area contributed by atoms with Gasteiger partial charge in [-0.2, -0.15) is 5.10 Å². The van der Waals surface area contributed by atoms with Crippen LogP contribution in [0.4, 0.5) is 25.1 Å². The maximum atomic E-state index is 14.4. The number of carboxylic acid groups (broad SMARTS) is 1. The highest BCUT2D eigenvalue weighted by molar-refractivity contribution is 5.95. The third-order valence-electron chi connectivity index (χ3n) is 5.18. The predicted octanol–water partition coefficient (Wildman–Crippen LogP) is 2.94. The number of benzene rings is 1. The van der Waals surface area contributed by atoms with Crippen LogP contribution in [0.1, 0.15) is 31.4 Å². The average Bonchev–Trinajstić information content (AvgIpc) is 3.36. The zero-order valence-electron chi connectivity index (χ0n) is 16.5. The molecule has 2 atom stereocenters. The highest BCUT2D eigenvalue weighted by atomic mass is 19.1. The van der Waals surface area contributed by atoms with Crippen LogP contribution in [-0.2, 0) is 4.79 Å². The van der Waals surface area contributed by atoms with Crippen molar-refractivity contribution in [3.8, 4) is 0 Å². The van der Waals surface area contributed by atoms with Gasteiger partial charge in [0, 0.05) is 18.3 Å². The van der Waals surface area contributed by atoms with Crippen LogP contribution in [-0.4, -0.2) is 44.3 Å². The van der Waals surface area contributed by atoms with Crippen molar-refractivity contribution in [1.82, 2.24) is 19.9 Å². The van der Waals surface area contributed by atoms with Crippen molar-refractivity contribution >= 4 is 29.2 Å². The van der Waals surface area contributed by atoms with Crippen molar-refractivity contribution < 1.29 is 23.5 Å². The number of hydrogen-bond donors (Lipinski definition) is 3. The lowest BCUT2D eigenvalue weighted by Gasteiger charge is -2.26. The number of carbonyl (C=O) groups excluding carboxylic acids is 1. The molecule has 0 spiro atoms. The number of fused-ring (bicyclic) bond motifs is 1. The molecule has 31 heavy (non-hydrogen) atoms. The number of halogens is 2. The number of anilines is 2. The minimum atomic E-state index is -1.17. The van der Waals surface area contributed by atoms with Crippen LogP contribution in [0.5, 0.6) is 0 Å². The first-order valence-corrected chi connectivity index (χ1v) is 9.70. The summed E-state index contributed by atoms with van der Waals surface area (Å²) in [5.41, 5.74) is 0.888. The van der Waals surface area contributed by atoms with Crippen LogP contribution in [0.3, 0.4) is 0 Å². The third kappa shape index (κ3) is 4.11. The van der Waals surface area contributed by atoms with Gasteiger partial charge in [0.2, 0.25) is 0 Å².